The predicted octanol–water partition coefficient (Wildman–Crippen LogP) is 2.82. The third-order valence-corrected chi connectivity index (χ3v) is 2.93. The van der Waals surface area contributed by atoms with Gasteiger partial charge in [-0.25, -0.2) is 0 Å². The van der Waals surface area contributed by atoms with Crippen LogP contribution in [0.1, 0.15) is 51.0 Å². The molecule has 0 aliphatic carbocycles. The molecule has 0 amide bonds. The van der Waals surface area contributed by atoms with Gasteiger partial charge in [-0.3, -0.25) is 4.68 Å². The van der Waals surface area contributed by atoms with Gasteiger partial charge in [0.05, 0.1) is 11.4 Å². The van der Waals surface area contributed by atoms with Crippen LogP contribution in [0.5, 0.6) is 0 Å². The zero-order valence-corrected chi connectivity index (χ0v) is 11.5. The standard InChI is InChI=1S/C13H25N3/c1-10-9-12(16(6)15-10)11(14-5)7-8-13(2,3)4/h9,11,14H,7-8H2,1-6H3. The van der Waals surface area contributed by atoms with E-state index in [1.54, 1.807) is 0 Å². The topological polar surface area (TPSA) is 29.9 Å². The van der Waals surface area contributed by atoms with Crippen LogP contribution in [0.2, 0.25) is 0 Å². The predicted molar refractivity (Wildman–Crippen MR) is 68.4 cm³/mol. The van der Waals surface area contributed by atoms with E-state index in [1.165, 1.54) is 12.1 Å². The van der Waals surface area contributed by atoms with Crippen molar-refractivity contribution in [2.24, 2.45) is 12.5 Å². The van der Waals surface area contributed by atoms with Crippen molar-refractivity contribution in [3.8, 4) is 0 Å². The minimum atomic E-state index is 0.392. The highest BCUT2D eigenvalue weighted by Crippen LogP contribution is 2.27. The average Bonchev–Trinajstić information content (AvgIpc) is 2.45. The van der Waals surface area contributed by atoms with E-state index in [0.29, 0.717) is 11.5 Å². The van der Waals surface area contributed by atoms with Gasteiger partial charge in [0, 0.05) is 13.1 Å². The third kappa shape index (κ3) is 3.63. The molecule has 0 bridgehead atoms. The van der Waals surface area contributed by atoms with Crippen molar-refractivity contribution in [2.75, 3.05) is 7.05 Å². The summed E-state index contributed by atoms with van der Waals surface area (Å²) in [7, 11) is 4.04. The fourth-order valence-corrected chi connectivity index (χ4v) is 1.97. The summed E-state index contributed by atoms with van der Waals surface area (Å²) in [6.07, 6.45) is 2.36. The molecule has 1 atom stereocenters. The summed E-state index contributed by atoms with van der Waals surface area (Å²) in [6.45, 7) is 8.90. The minimum absolute atomic E-state index is 0.392. The van der Waals surface area contributed by atoms with E-state index >= 15 is 0 Å². The Bertz CT molecular complexity index is 333. The summed E-state index contributed by atoms with van der Waals surface area (Å²) in [5, 5.41) is 7.79. The smallest absolute Gasteiger partial charge is 0.0597 e. The lowest BCUT2D eigenvalue weighted by Gasteiger charge is -2.23. The molecule has 92 valence electrons. The van der Waals surface area contributed by atoms with Gasteiger partial charge < -0.3 is 5.32 Å². The molecule has 1 rings (SSSR count). The first-order valence-corrected chi connectivity index (χ1v) is 6.01. The summed E-state index contributed by atoms with van der Waals surface area (Å²) < 4.78 is 1.99. The molecule has 1 aromatic rings. The van der Waals surface area contributed by atoms with Crippen molar-refractivity contribution in [1.82, 2.24) is 15.1 Å². The van der Waals surface area contributed by atoms with Gasteiger partial charge in [-0.1, -0.05) is 20.8 Å². The number of nitrogens with zero attached hydrogens (tertiary/aromatic N) is 2. The van der Waals surface area contributed by atoms with Crippen LogP contribution in [-0.4, -0.2) is 16.8 Å². The van der Waals surface area contributed by atoms with Crippen molar-refractivity contribution < 1.29 is 0 Å². The highest BCUT2D eigenvalue weighted by Gasteiger charge is 2.18. The SMILES string of the molecule is CNC(CCC(C)(C)C)c1cc(C)nn1C. The van der Waals surface area contributed by atoms with Crippen molar-refractivity contribution in [2.45, 2.75) is 46.6 Å². The summed E-state index contributed by atoms with van der Waals surface area (Å²) in [5.41, 5.74) is 2.76. The summed E-state index contributed by atoms with van der Waals surface area (Å²) in [5.74, 6) is 0. The number of aromatic nitrogens is 2. The number of nitrogens with one attached hydrogen (secondary N) is 1. The Kier molecular flexibility index (Phi) is 4.14. The Labute approximate surface area is 99.2 Å². The summed E-state index contributed by atoms with van der Waals surface area (Å²) in [4.78, 5) is 0. The van der Waals surface area contributed by atoms with Crippen LogP contribution in [0.3, 0.4) is 0 Å². The van der Waals surface area contributed by atoms with Crippen LogP contribution >= 0.6 is 0 Å². The molecule has 0 saturated heterocycles. The lowest BCUT2D eigenvalue weighted by Crippen LogP contribution is -2.21. The van der Waals surface area contributed by atoms with E-state index in [0.717, 1.165) is 12.1 Å². The van der Waals surface area contributed by atoms with Crippen molar-refractivity contribution in [3.05, 3.63) is 17.5 Å². The quantitative estimate of drug-likeness (QED) is 0.850. The number of hydrogen-bond acceptors (Lipinski definition) is 2. The molecule has 0 aliphatic heterocycles. The molecule has 3 heteroatoms. The van der Waals surface area contributed by atoms with Crippen LogP contribution in [-0.2, 0) is 7.05 Å². The molecule has 0 fully saturated rings. The normalized spacial score (nSPS) is 14.1. The van der Waals surface area contributed by atoms with Crippen LogP contribution < -0.4 is 5.32 Å². The first-order valence-electron chi connectivity index (χ1n) is 6.01. The molecule has 0 spiro atoms. The van der Waals surface area contributed by atoms with Gasteiger partial charge in [-0.15, -0.1) is 0 Å². The molecule has 3 nitrogen and oxygen atoms in total. The van der Waals surface area contributed by atoms with Crippen LogP contribution in [0.15, 0.2) is 6.07 Å². The zero-order valence-electron chi connectivity index (χ0n) is 11.5. The molecule has 1 aromatic heterocycles. The van der Waals surface area contributed by atoms with Gasteiger partial charge in [0.1, 0.15) is 0 Å². The highest BCUT2D eigenvalue weighted by molar-refractivity contribution is 5.12. The molecule has 0 saturated carbocycles. The fourth-order valence-electron chi connectivity index (χ4n) is 1.97. The lowest BCUT2D eigenvalue weighted by atomic mass is 9.88. The molecule has 1 unspecified atom stereocenters. The summed E-state index contributed by atoms with van der Waals surface area (Å²) >= 11 is 0. The molecule has 0 aliphatic rings. The zero-order chi connectivity index (χ0) is 12.3. The monoisotopic (exact) mass is 223 g/mol. The second-order valence-electron chi connectivity index (χ2n) is 5.77. The first-order chi connectivity index (χ1) is 7.33. The van der Waals surface area contributed by atoms with E-state index in [2.05, 4.69) is 37.3 Å². The lowest BCUT2D eigenvalue weighted by molar-refractivity contribution is 0.333. The van der Waals surface area contributed by atoms with Crippen molar-refractivity contribution >= 4 is 0 Å². The van der Waals surface area contributed by atoms with E-state index in [1.807, 2.05) is 25.7 Å². The molecule has 0 aromatic carbocycles. The Morgan fingerprint density at radius 2 is 2.06 bits per heavy atom. The molecule has 0 radical (unpaired) electrons. The molecule has 1 N–H and O–H groups in total. The number of aryl methyl sites for hydroxylation is 2. The van der Waals surface area contributed by atoms with Crippen LogP contribution in [0, 0.1) is 12.3 Å². The molecular formula is C13H25N3. The van der Waals surface area contributed by atoms with Gasteiger partial charge in [0.25, 0.3) is 0 Å². The van der Waals surface area contributed by atoms with E-state index < -0.39 is 0 Å². The Morgan fingerprint density at radius 1 is 1.44 bits per heavy atom. The van der Waals surface area contributed by atoms with Gasteiger partial charge in [0.15, 0.2) is 0 Å². The van der Waals surface area contributed by atoms with Crippen LogP contribution in [0.4, 0.5) is 0 Å². The Morgan fingerprint density at radius 3 is 2.44 bits per heavy atom. The van der Waals surface area contributed by atoms with E-state index in [-0.39, 0.29) is 0 Å². The van der Waals surface area contributed by atoms with Crippen LogP contribution in [0.25, 0.3) is 0 Å². The van der Waals surface area contributed by atoms with Gasteiger partial charge in [0.2, 0.25) is 0 Å². The summed E-state index contributed by atoms with van der Waals surface area (Å²) in [6, 6.07) is 2.58. The Hall–Kier alpha value is -0.830. The molecule has 1 heterocycles. The largest absolute Gasteiger partial charge is 0.312 e. The van der Waals surface area contributed by atoms with Crippen molar-refractivity contribution in [1.29, 1.82) is 0 Å². The molecule has 16 heavy (non-hydrogen) atoms. The number of rotatable bonds is 4. The van der Waals surface area contributed by atoms with Gasteiger partial charge in [-0.2, -0.15) is 5.10 Å². The maximum atomic E-state index is 4.40. The average molecular weight is 223 g/mol. The third-order valence-electron chi connectivity index (χ3n) is 2.93. The van der Waals surface area contributed by atoms with Crippen molar-refractivity contribution in [3.63, 3.8) is 0 Å². The number of hydrogen-bond donors (Lipinski definition) is 1. The second-order valence-corrected chi connectivity index (χ2v) is 5.77. The van der Waals surface area contributed by atoms with E-state index in [4.69, 9.17) is 0 Å². The fraction of sp³-hybridized carbons (Fsp3) is 0.769. The molecular weight excluding hydrogens is 198 g/mol. The van der Waals surface area contributed by atoms with E-state index in [9.17, 15) is 0 Å². The van der Waals surface area contributed by atoms with Gasteiger partial charge >= 0.3 is 0 Å². The second kappa shape index (κ2) is 5.00. The minimum Gasteiger partial charge on any atom is -0.312 e. The first kappa shape index (κ1) is 13.2. The van der Waals surface area contributed by atoms with Gasteiger partial charge in [-0.05, 0) is 38.3 Å². The maximum Gasteiger partial charge on any atom is 0.0597 e. The highest BCUT2D eigenvalue weighted by atomic mass is 15.3. The maximum absolute atomic E-state index is 4.40. The Balaban J connectivity index is 2.71.